The van der Waals surface area contributed by atoms with Crippen molar-refractivity contribution in [1.29, 1.82) is 0 Å². The summed E-state index contributed by atoms with van der Waals surface area (Å²) >= 11 is 0. The van der Waals surface area contributed by atoms with Crippen LogP contribution in [0.5, 0.6) is 11.5 Å². The first-order valence-corrected chi connectivity index (χ1v) is 14.9. The summed E-state index contributed by atoms with van der Waals surface area (Å²) in [5.74, 6) is 1.18. The highest BCUT2D eigenvalue weighted by molar-refractivity contribution is 7.89. The fourth-order valence-corrected chi connectivity index (χ4v) is 6.91. The molecule has 5 aromatic rings. The van der Waals surface area contributed by atoms with Gasteiger partial charge in [0.15, 0.2) is 0 Å². The lowest BCUT2D eigenvalue weighted by atomic mass is 9.96. The third kappa shape index (κ3) is 4.92. The lowest BCUT2D eigenvalue weighted by molar-refractivity contribution is 0.372. The number of nitrogens with zero attached hydrogens (tertiary/aromatic N) is 4. The predicted molar refractivity (Wildman–Crippen MR) is 163 cm³/mol. The predicted octanol–water partition coefficient (Wildman–Crippen LogP) is 6.40. The summed E-state index contributed by atoms with van der Waals surface area (Å²) in [5.41, 5.74) is 5.10. The van der Waals surface area contributed by atoms with E-state index in [4.69, 9.17) is 19.7 Å². The Kier molecular flexibility index (Phi) is 7.26. The molecule has 0 aliphatic carbocycles. The van der Waals surface area contributed by atoms with Crippen LogP contribution in [-0.4, -0.2) is 42.5 Å². The van der Waals surface area contributed by atoms with E-state index in [-0.39, 0.29) is 4.90 Å². The molecule has 0 fully saturated rings. The van der Waals surface area contributed by atoms with Gasteiger partial charge in [-0.05, 0) is 42.8 Å². The van der Waals surface area contributed by atoms with Crippen molar-refractivity contribution in [2.24, 2.45) is 5.10 Å². The Labute approximate surface area is 245 Å². The van der Waals surface area contributed by atoms with E-state index in [9.17, 15) is 8.42 Å². The van der Waals surface area contributed by atoms with Gasteiger partial charge in [0.05, 0.1) is 42.2 Å². The molecular weight excluding hydrogens is 548 g/mol. The summed E-state index contributed by atoms with van der Waals surface area (Å²) in [6, 6.07) is 31.3. The molecule has 0 saturated carbocycles. The average Bonchev–Trinajstić information content (AvgIpc) is 3.68. The van der Waals surface area contributed by atoms with Crippen LogP contribution >= 0.6 is 0 Å². The van der Waals surface area contributed by atoms with E-state index in [0.29, 0.717) is 40.5 Å². The van der Waals surface area contributed by atoms with Crippen molar-refractivity contribution in [3.05, 3.63) is 126 Å². The third-order valence-corrected chi connectivity index (χ3v) is 9.22. The molecule has 1 unspecified atom stereocenters. The molecule has 4 aromatic carbocycles. The van der Waals surface area contributed by atoms with Crippen molar-refractivity contribution in [2.45, 2.75) is 24.3 Å². The molecule has 0 N–H and O–H groups in total. The topological polar surface area (TPSA) is 86.0 Å². The Morgan fingerprint density at radius 3 is 2.21 bits per heavy atom. The molecule has 0 radical (unpaired) electrons. The van der Waals surface area contributed by atoms with Gasteiger partial charge in [0.1, 0.15) is 11.5 Å². The minimum atomic E-state index is -4.05. The SMILES string of the molecule is COc1ccc(C2=NN(S(=O)(=O)c3ccccc3C)C(c3cn(-c4ccccc4)nc3-c3ccccc3)C2)c(OC)c1. The number of para-hydroxylation sites is 1. The molecule has 9 heteroatoms. The van der Waals surface area contributed by atoms with Crippen molar-refractivity contribution in [3.8, 4) is 28.4 Å². The fraction of sp³-hybridized carbons (Fsp3) is 0.152. The van der Waals surface area contributed by atoms with Gasteiger partial charge in [-0.1, -0.05) is 66.7 Å². The maximum absolute atomic E-state index is 14.3. The highest BCUT2D eigenvalue weighted by atomic mass is 32.2. The molecule has 1 aliphatic heterocycles. The molecule has 1 aliphatic rings. The monoisotopic (exact) mass is 578 g/mol. The van der Waals surface area contributed by atoms with Gasteiger partial charge in [-0.2, -0.15) is 23.0 Å². The summed E-state index contributed by atoms with van der Waals surface area (Å²) in [7, 11) is -0.890. The molecule has 0 amide bonds. The van der Waals surface area contributed by atoms with Crippen LogP contribution in [0.1, 0.15) is 29.2 Å². The first kappa shape index (κ1) is 27.3. The van der Waals surface area contributed by atoms with Crippen molar-refractivity contribution >= 4 is 15.7 Å². The Morgan fingerprint density at radius 2 is 1.52 bits per heavy atom. The summed E-state index contributed by atoms with van der Waals surface area (Å²) < 4.78 is 42.8. The van der Waals surface area contributed by atoms with Crippen LogP contribution in [0.4, 0.5) is 0 Å². The molecule has 1 atom stereocenters. The van der Waals surface area contributed by atoms with Crippen LogP contribution in [0.15, 0.2) is 119 Å². The normalized spacial score (nSPS) is 15.0. The van der Waals surface area contributed by atoms with Crippen LogP contribution in [0.25, 0.3) is 16.9 Å². The van der Waals surface area contributed by atoms with Crippen LogP contribution in [0, 0.1) is 6.92 Å². The van der Waals surface area contributed by atoms with E-state index in [1.807, 2.05) is 85.1 Å². The molecule has 8 nitrogen and oxygen atoms in total. The second-order valence-electron chi connectivity index (χ2n) is 9.96. The number of hydrogen-bond acceptors (Lipinski definition) is 6. The molecule has 42 heavy (non-hydrogen) atoms. The average molecular weight is 579 g/mol. The fourth-order valence-electron chi connectivity index (χ4n) is 5.25. The number of rotatable bonds is 8. The quantitative estimate of drug-likeness (QED) is 0.213. The first-order chi connectivity index (χ1) is 20.4. The first-order valence-electron chi connectivity index (χ1n) is 13.5. The molecule has 6 rings (SSSR count). The van der Waals surface area contributed by atoms with E-state index in [1.54, 1.807) is 50.1 Å². The maximum Gasteiger partial charge on any atom is 0.279 e. The standard InChI is InChI=1S/C33H30N4O4S/c1-23-12-10-11-17-32(23)42(38,39)37-30(21-29(34-37)27-19-18-26(40-2)20-31(27)41-3)28-22-36(25-15-8-5-9-16-25)35-33(28)24-13-6-4-7-14-24/h4-20,22,30H,21H2,1-3H3. The lowest BCUT2D eigenvalue weighted by Crippen LogP contribution is -2.28. The summed E-state index contributed by atoms with van der Waals surface area (Å²) in [5, 5.41) is 9.75. The Balaban J connectivity index is 1.55. The molecule has 0 spiro atoms. The largest absolute Gasteiger partial charge is 0.497 e. The zero-order valence-corrected chi connectivity index (χ0v) is 24.3. The number of hydrazone groups is 1. The number of benzene rings is 4. The number of aryl methyl sites for hydroxylation is 1. The van der Waals surface area contributed by atoms with Crippen LogP contribution in [0.2, 0.25) is 0 Å². The Bertz CT molecular complexity index is 1870. The highest BCUT2D eigenvalue weighted by Crippen LogP contribution is 2.43. The van der Waals surface area contributed by atoms with E-state index in [2.05, 4.69) is 0 Å². The molecule has 1 aromatic heterocycles. The van der Waals surface area contributed by atoms with E-state index in [0.717, 1.165) is 16.8 Å². The van der Waals surface area contributed by atoms with E-state index >= 15 is 0 Å². The minimum Gasteiger partial charge on any atom is -0.497 e. The van der Waals surface area contributed by atoms with E-state index < -0.39 is 16.1 Å². The molecule has 2 heterocycles. The lowest BCUT2D eigenvalue weighted by Gasteiger charge is -2.24. The third-order valence-electron chi connectivity index (χ3n) is 7.38. The van der Waals surface area contributed by atoms with Gasteiger partial charge in [0.2, 0.25) is 0 Å². The maximum atomic E-state index is 14.3. The number of sulfonamides is 1. The number of ether oxygens (including phenoxy) is 2. The zero-order chi connectivity index (χ0) is 29.3. The van der Waals surface area contributed by atoms with Crippen LogP contribution < -0.4 is 9.47 Å². The van der Waals surface area contributed by atoms with Crippen molar-refractivity contribution in [1.82, 2.24) is 14.2 Å². The summed E-state index contributed by atoms with van der Waals surface area (Å²) in [6.07, 6.45) is 2.22. The van der Waals surface area contributed by atoms with Crippen molar-refractivity contribution in [2.75, 3.05) is 14.2 Å². The van der Waals surface area contributed by atoms with Crippen LogP contribution in [-0.2, 0) is 10.0 Å². The van der Waals surface area contributed by atoms with Crippen molar-refractivity contribution < 1.29 is 17.9 Å². The molecule has 0 bridgehead atoms. The van der Waals surface area contributed by atoms with Crippen molar-refractivity contribution in [3.63, 3.8) is 0 Å². The van der Waals surface area contributed by atoms with Gasteiger partial charge in [-0.15, -0.1) is 0 Å². The van der Waals surface area contributed by atoms with Gasteiger partial charge >= 0.3 is 0 Å². The highest BCUT2D eigenvalue weighted by Gasteiger charge is 2.41. The smallest absolute Gasteiger partial charge is 0.279 e. The van der Waals surface area contributed by atoms with Gasteiger partial charge in [0, 0.05) is 35.4 Å². The van der Waals surface area contributed by atoms with Gasteiger partial charge in [-0.25, -0.2) is 4.68 Å². The number of aromatic nitrogens is 2. The van der Waals surface area contributed by atoms with Gasteiger partial charge < -0.3 is 9.47 Å². The zero-order valence-electron chi connectivity index (χ0n) is 23.5. The molecular formula is C33H30N4O4S. The summed E-state index contributed by atoms with van der Waals surface area (Å²) in [6.45, 7) is 1.79. The van der Waals surface area contributed by atoms with E-state index in [1.165, 1.54) is 4.41 Å². The Hall–Kier alpha value is -4.89. The minimum absolute atomic E-state index is 0.207. The van der Waals surface area contributed by atoms with Gasteiger partial charge in [-0.3, -0.25) is 0 Å². The second-order valence-corrected chi connectivity index (χ2v) is 11.7. The van der Waals surface area contributed by atoms with Crippen LogP contribution in [0.3, 0.4) is 0 Å². The number of hydrogen-bond donors (Lipinski definition) is 0. The van der Waals surface area contributed by atoms with Gasteiger partial charge in [0.25, 0.3) is 10.0 Å². The molecule has 212 valence electrons. The molecule has 0 saturated heterocycles. The Morgan fingerprint density at radius 1 is 0.833 bits per heavy atom. The summed E-state index contributed by atoms with van der Waals surface area (Å²) in [4.78, 5) is 0.207. The number of methoxy groups -OCH3 is 2. The second kappa shape index (κ2) is 11.2.